The van der Waals surface area contributed by atoms with Gasteiger partial charge in [0.05, 0.1) is 6.61 Å². The average Bonchev–Trinajstić information content (AvgIpc) is 2.17. The highest BCUT2D eigenvalue weighted by Gasteiger charge is 2.05. The molecule has 3 heteroatoms. The number of aliphatic hydroxyl groups is 1. The van der Waals surface area contributed by atoms with Gasteiger partial charge in [-0.2, -0.15) is 0 Å². The number of halogens is 1. The summed E-state index contributed by atoms with van der Waals surface area (Å²) in [5.74, 6) is 0.741. The second-order valence-corrected chi connectivity index (χ2v) is 3.22. The second-order valence-electron chi connectivity index (χ2n) is 2.78. The molecule has 1 rings (SSSR count). The predicted molar refractivity (Wildman–Crippen MR) is 53.2 cm³/mol. The van der Waals surface area contributed by atoms with Gasteiger partial charge in [0.2, 0.25) is 0 Å². The molecule has 0 radical (unpaired) electrons. The molecule has 0 aliphatic carbocycles. The monoisotopic (exact) mass is 200 g/mol. The molecule has 1 aromatic carbocycles. The van der Waals surface area contributed by atoms with E-state index in [4.69, 9.17) is 21.4 Å². The van der Waals surface area contributed by atoms with Crippen LogP contribution < -0.4 is 4.74 Å². The van der Waals surface area contributed by atoms with Crippen molar-refractivity contribution >= 4 is 11.6 Å². The third kappa shape index (κ3) is 3.25. The van der Waals surface area contributed by atoms with Gasteiger partial charge in [-0.3, -0.25) is 0 Å². The van der Waals surface area contributed by atoms with Crippen LogP contribution in [0.3, 0.4) is 0 Å². The largest absolute Gasteiger partial charge is 0.488 e. The smallest absolute Gasteiger partial charge is 0.121 e. The van der Waals surface area contributed by atoms with E-state index in [0.717, 1.165) is 12.2 Å². The first-order valence-electron chi connectivity index (χ1n) is 4.29. The molecule has 0 saturated heterocycles. The van der Waals surface area contributed by atoms with Gasteiger partial charge in [0.25, 0.3) is 0 Å². The Morgan fingerprint density at radius 3 is 2.46 bits per heavy atom. The van der Waals surface area contributed by atoms with E-state index in [9.17, 15) is 0 Å². The zero-order valence-electron chi connectivity index (χ0n) is 7.53. The molecule has 0 spiro atoms. The van der Waals surface area contributed by atoms with Crippen LogP contribution in [-0.4, -0.2) is 17.8 Å². The lowest BCUT2D eigenvalue weighted by molar-refractivity contribution is 0.112. The van der Waals surface area contributed by atoms with Crippen LogP contribution in [0.5, 0.6) is 5.75 Å². The highest BCUT2D eigenvalue weighted by atomic mass is 35.5. The quantitative estimate of drug-likeness (QED) is 0.809. The predicted octanol–water partition coefficient (Wildman–Crippen LogP) is 2.49. The first-order valence-corrected chi connectivity index (χ1v) is 4.67. The highest BCUT2D eigenvalue weighted by Crippen LogP contribution is 2.17. The summed E-state index contributed by atoms with van der Waals surface area (Å²) in [5.41, 5.74) is 0. The zero-order chi connectivity index (χ0) is 9.68. The van der Waals surface area contributed by atoms with E-state index < -0.39 is 0 Å². The minimum absolute atomic E-state index is 0.0408. The van der Waals surface area contributed by atoms with Gasteiger partial charge in [-0.05, 0) is 30.7 Å². The lowest BCUT2D eigenvalue weighted by atomic mass is 10.3. The maximum absolute atomic E-state index is 8.89. The number of rotatable bonds is 4. The summed E-state index contributed by atoms with van der Waals surface area (Å²) in [5, 5.41) is 9.58. The van der Waals surface area contributed by atoms with Gasteiger partial charge in [0, 0.05) is 5.02 Å². The second kappa shape index (κ2) is 5.10. The van der Waals surface area contributed by atoms with Crippen LogP contribution in [0.2, 0.25) is 5.02 Å². The Balaban J connectivity index is 2.58. The molecular weight excluding hydrogens is 188 g/mol. The van der Waals surface area contributed by atoms with Crippen LogP contribution in [-0.2, 0) is 0 Å². The standard InChI is InChI=1S/C10H13ClO2/c1-2-9(7-12)13-10-5-3-8(11)4-6-10/h3-6,9,12H,2,7H2,1H3. The van der Waals surface area contributed by atoms with Gasteiger partial charge in [0.15, 0.2) is 0 Å². The summed E-state index contributed by atoms with van der Waals surface area (Å²) in [6, 6.07) is 7.11. The first kappa shape index (κ1) is 10.4. The molecule has 0 fully saturated rings. The summed E-state index contributed by atoms with van der Waals surface area (Å²) < 4.78 is 5.46. The van der Waals surface area contributed by atoms with Crippen LogP contribution >= 0.6 is 11.6 Å². The molecule has 1 aromatic rings. The van der Waals surface area contributed by atoms with E-state index in [1.807, 2.05) is 6.92 Å². The molecule has 0 amide bonds. The van der Waals surface area contributed by atoms with Gasteiger partial charge >= 0.3 is 0 Å². The van der Waals surface area contributed by atoms with Crippen molar-refractivity contribution in [2.75, 3.05) is 6.61 Å². The molecule has 0 heterocycles. The number of aliphatic hydroxyl groups excluding tert-OH is 1. The van der Waals surface area contributed by atoms with Gasteiger partial charge in [-0.15, -0.1) is 0 Å². The fourth-order valence-corrected chi connectivity index (χ4v) is 1.08. The minimum atomic E-state index is -0.124. The normalized spacial score (nSPS) is 12.5. The van der Waals surface area contributed by atoms with Crippen molar-refractivity contribution in [3.05, 3.63) is 29.3 Å². The Morgan fingerprint density at radius 1 is 1.38 bits per heavy atom. The molecule has 1 atom stereocenters. The third-order valence-corrected chi connectivity index (χ3v) is 2.03. The zero-order valence-corrected chi connectivity index (χ0v) is 8.29. The van der Waals surface area contributed by atoms with E-state index in [0.29, 0.717) is 5.02 Å². The third-order valence-electron chi connectivity index (χ3n) is 1.78. The maximum atomic E-state index is 8.89. The van der Waals surface area contributed by atoms with Crippen molar-refractivity contribution in [2.45, 2.75) is 19.4 Å². The number of hydrogen-bond donors (Lipinski definition) is 1. The van der Waals surface area contributed by atoms with E-state index in [-0.39, 0.29) is 12.7 Å². The van der Waals surface area contributed by atoms with E-state index in [1.165, 1.54) is 0 Å². The topological polar surface area (TPSA) is 29.5 Å². The van der Waals surface area contributed by atoms with E-state index >= 15 is 0 Å². The summed E-state index contributed by atoms with van der Waals surface area (Å²) >= 11 is 5.71. The molecule has 13 heavy (non-hydrogen) atoms. The Hall–Kier alpha value is -0.730. The summed E-state index contributed by atoms with van der Waals surface area (Å²) in [6.45, 7) is 2.01. The van der Waals surface area contributed by atoms with Crippen molar-refractivity contribution in [1.29, 1.82) is 0 Å². The molecule has 1 unspecified atom stereocenters. The summed E-state index contributed by atoms with van der Waals surface area (Å²) in [4.78, 5) is 0. The SMILES string of the molecule is CCC(CO)Oc1ccc(Cl)cc1. The van der Waals surface area contributed by atoms with Gasteiger partial charge < -0.3 is 9.84 Å². The van der Waals surface area contributed by atoms with Gasteiger partial charge in [-0.25, -0.2) is 0 Å². The Morgan fingerprint density at radius 2 is 2.00 bits per heavy atom. The van der Waals surface area contributed by atoms with Crippen LogP contribution in [0, 0.1) is 0 Å². The molecule has 72 valence electrons. The molecule has 0 aliphatic rings. The van der Waals surface area contributed by atoms with Crippen molar-refractivity contribution in [3.8, 4) is 5.75 Å². The van der Waals surface area contributed by atoms with Crippen molar-refractivity contribution in [3.63, 3.8) is 0 Å². The lowest BCUT2D eigenvalue weighted by Gasteiger charge is -2.14. The Kier molecular flexibility index (Phi) is 4.06. The van der Waals surface area contributed by atoms with Crippen molar-refractivity contribution < 1.29 is 9.84 Å². The summed E-state index contributed by atoms with van der Waals surface area (Å²) in [7, 11) is 0. The van der Waals surface area contributed by atoms with Gasteiger partial charge in [0.1, 0.15) is 11.9 Å². The number of hydrogen-bond acceptors (Lipinski definition) is 2. The minimum Gasteiger partial charge on any atom is -0.488 e. The van der Waals surface area contributed by atoms with E-state index in [2.05, 4.69) is 0 Å². The van der Waals surface area contributed by atoms with Gasteiger partial charge in [-0.1, -0.05) is 18.5 Å². The Labute approximate surface area is 83.1 Å². The fourth-order valence-electron chi connectivity index (χ4n) is 0.955. The summed E-state index contributed by atoms with van der Waals surface area (Å²) in [6.07, 6.45) is 0.667. The van der Waals surface area contributed by atoms with Crippen molar-refractivity contribution in [1.82, 2.24) is 0 Å². The number of benzene rings is 1. The van der Waals surface area contributed by atoms with Crippen LogP contribution in [0.1, 0.15) is 13.3 Å². The van der Waals surface area contributed by atoms with Crippen LogP contribution in [0.4, 0.5) is 0 Å². The van der Waals surface area contributed by atoms with Crippen molar-refractivity contribution in [2.24, 2.45) is 0 Å². The lowest BCUT2D eigenvalue weighted by Crippen LogP contribution is -2.19. The molecule has 1 N–H and O–H groups in total. The first-order chi connectivity index (χ1) is 6.26. The fraction of sp³-hybridized carbons (Fsp3) is 0.400. The maximum Gasteiger partial charge on any atom is 0.121 e. The molecule has 0 aliphatic heterocycles. The molecular formula is C10H13ClO2. The van der Waals surface area contributed by atoms with Crippen LogP contribution in [0.15, 0.2) is 24.3 Å². The highest BCUT2D eigenvalue weighted by molar-refractivity contribution is 6.30. The molecule has 0 bridgehead atoms. The average molecular weight is 201 g/mol. The molecule has 2 nitrogen and oxygen atoms in total. The van der Waals surface area contributed by atoms with E-state index in [1.54, 1.807) is 24.3 Å². The number of ether oxygens (including phenoxy) is 1. The molecule has 0 saturated carbocycles. The Bertz CT molecular complexity index is 242. The van der Waals surface area contributed by atoms with Crippen LogP contribution in [0.25, 0.3) is 0 Å². The molecule has 0 aromatic heterocycles.